The van der Waals surface area contributed by atoms with Crippen LogP contribution in [0.1, 0.15) is 26.3 Å². The van der Waals surface area contributed by atoms with Crippen molar-refractivity contribution in [1.29, 1.82) is 0 Å². The summed E-state index contributed by atoms with van der Waals surface area (Å²) >= 11 is 0. The SMILES string of the molecule is COC(=O)C(Cc1ccc(OCCN)cc1)=C(C)C(C)C. The number of carbonyl (C=O) groups is 1. The number of hydrogen-bond donors (Lipinski definition) is 1. The number of methoxy groups -OCH3 is 1. The van der Waals surface area contributed by atoms with E-state index in [0.29, 0.717) is 25.5 Å². The highest BCUT2D eigenvalue weighted by atomic mass is 16.5. The molecular formula is C17H25NO3. The first kappa shape index (κ1) is 17.2. The predicted molar refractivity (Wildman–Crippen MR) is 84.2 cm³/mol. The van der Waals surface area contributed by atoms with Gasteiger partial charge in [0.15, 0.2) is 0 Å². The van der Waals surface area contributed by atoms with E-state index in [1.807, 2.05) is 31.2 Å². The van der Waals surface area contributed by atoms with Gasteiger partial charge in [-0.1, -0.05) is 31.6 Å². The number of benzene rings is 1. The number of rotatable bonds is 7. The molecule has 2 N–H and O–H groups in total. The molecule has 0 aliphatic rings. The second-order valence-corrected chi connectivity index (χ2v) is 5.27. The van der Waals surface area contributed by atoms with Crippen LogP contribution in [0.4, 0.5) is 0 Å². The largest absolute Gasteiger partial charge is 0.492 e. The first-order valence-corrected chi connectivity index (χ1v) is 7.19. The third-order valence-corrected chi connectivity index (χ3v) is 3.46. The van der Waals surface area contributed by atoms with Gasteiger partial charge in [-0.15, -0.1) is 0 Å². The average Bonchev–Trinajstić information content (AvgIpc) is 2.50. The molecule has 0 aliphatic heterocycles. The zero-order chi connectivity index (χ0) is 15.8. The van der Waals surface area contributed by atoms with Crippen molar-refractivity contribution < 1.29 is 14.3 Å². The molecule has 0 radical (unpaired) electrons. The minimum absolute atomic E-state index is 0.260. The van der Waals surface area contributed by atoms with Crippen molar-refractivity contribution in [2.24, 2.45) is 11.7 Å². The number of nitrogens with two attached hydrogens (primary N) is 1. The first-order chi connectivity index (χ1) is 9.99. The zero-order valence-electron chi connectivity index (χ0n) is 13.3. The summed E-state index contributed by atoms with van der Waals surface area (Å²) in [4.78, 5) is 12.0. The minimum Gasteiger partial charge on any atom is -0.492 e. The van der Waals surface area contributed by atoms with Crippen LogP contribution in [-0.2, 0) is 16.0 Å². The third kappa shape index (κ3) is 5.23. The standard InChI is InChI=1S/C17H25NO3/c1-12(2)13(3)16(17(19)20-4)11-14-5-7-15(8-6-14)21-10-9-18/h5-8,12H,9-11,18H2,1-4H3. The Labute approximate surface area is 126 Å². The van der Waals surface area contributed by atoms with E-state index in [0.717, 1.165) is 22.5 Å². The number of allylic oxidation sites excluding steroid dienone is 1. The Hall–Kier alpha value is -1.81. The van der Waals surface area contributed by atoms with Gasteiger partial charge in [0, 0.05) is 18.5 Å². The van der Waals surface area contributed by atoms with Gasteiger partial charge >= 0.3 is 5.97 Å². The molecule has 1 aromatic carbocycles. The molecule has 1 aromatic rings. The molecule has 116 valence electrons. The highest BCUT2D eigenvalue weighted by molar-refractivity contribution is 5.89. The summed E-state index contributed by atoms with van der Waals surface area (Å²) < 4.78 is 10.3. The Morgan fingerprint density at radius 2 is 1.86 bits per heavy atom. The van der Waals surface area contributed by atoms with E-state index in [9.17, 15) is 4.79 Å². The third-order valence-electron chi connectivity index (χ3n) is 3.46. The van der Waals surface area contributed by atoms with Crippen LogP contribution in [0.5, 0.6) is 5.75 Å². The van der Waals surface area contributed by atoms with Crippen molar-refractivity contribution in [3.8, 4) is 5.75 Å². The molecule has 0 spiro atoms. The molecule has 21 heavy (non-hydrogen) atoms. The van der Waals surface area contributed by atoms with Crippen molar-refractivity contribution in [3.63, 3.8) is 0 Å². The topological polar surface area (TPSA) is 61.5 Å². The molecule has 0 fully saturated rings. The maximum atomic E-state index is 12.0. The molecule has 1 rings (SSSR count). The lowest BCUT2D eigenvalue weighted by molar-refractivity contribution is -0.136. The monoisotopic (exact) mass is 291 g/mol. The highest BCUT2D eigenvalue weighted by Gasteiger charge is 2.16. The van der Waals surface area contributed by atoms with E-state index in [1.165, 1.54) is 7.11 Å². The van der Waals surface area contributed by atoms with Gasteiger partial charge in [-0.2, -0.15) is 0 Å². The van der Waals surface area contributed by atoms with Gasteiger partial charge in [0.05, 0.1) is 7.11 Å². The lowest BCUT2D eigenvalue weighted by Crippen LogP contribution is -2.12. The van der Waals surface area contributed by atoms with Crippen molar-refractivity contribution in [3.05, 3.63) is 41.0 Å². The molecule has 0 amide bonds. The quantitative estimate of drug-likeness (QED) is 0.620. The predicted octanol–water partition coefficient (Wildman–Crippen LogP) is 2.71. The Morgan fingerprint density at radius 1 is 1.24 bits per heavy atom. The smallest absolute Gasteiger partial charge is 0.334 e. The molecular weight excluding hydrogens is 266 g/mol. The average molecular weight is 291 g/mol. The molecule has 0 saturated carbocycles. The number of esters is 1. The summed E-state index contributed by atoms with van der Waals surface area (Å²) in [6.07, 6.45) is 0.563. The van der Waals surface area contributed by atoms with Crippen LogP contribution in [0.25, 0.3) is 0 Å². The van der Waals surface area contributed by atoms with Gasteiger partial charge in [0.2, 0.25) is 0 Å². The molecule has 0 aliphatic carbocycles. The normalized spacial score (nSPS) is 12.1. The number of ether oxygens (including phenoxy) is 2. The van der Waals surface area contributed by atoms with Crippen molar-refractivity contribution >= 4 is 5.97 Å². The maximum Gasteiger partial charge on any atom is 0.334 e. The van der Waals surface area contributed by atoms with Crippen molar-refractivity contribution in [2.75, 3.05) is 20.3 Å². The molecule has 4 nitrogen and oxygen atoms in total. The van der Waals surface area contributed by atoms with Gasteiger partial charge in [0.25, 0.3) is 0 Å². The highest BCUT2D eigenvalue weighted by Crippen LogP contribution is 2.21. The van der Waals surface area contributed by atoms with Gasteiger partial charge in [-0.05, 0) is 30.5 Å². The van der Waals surface area contributed by atoms with Gasteiger partial charge in [-0.25, -0.2) is 4.79 Å². The summed E-state index contributed by atoms with van der Waals surface area (Å²) in [6.45, 7) is 7.11. The maximum absolute atomic E-state index is 12.0. The molecule has 0 unspecified atom stereocenters. The van der Waals surface area contributed by atoms with Gasteiger partial charge < -0.3 is 15.2 Å². The van der Waals surface area contributed by atoms with E-state index >= 15 is 0 Å². The Kier molecular flexibility index (Phi) is 6.96. The van der Waals surface area contributed by atoms with Crippen LogP contribution in [0, 0.1) is 5.92 Å². The fourth-order valence-electron chi connectivity index (χ4n) is 1.93. The van der Waals surface area contributed by atoms with Crippen molar-refractivity contribution in [1.82, 2.24) is 0 Å². The Bertz CT molecular complexity index is 489. The number of carbonyl (C=O) groups excluding carboxylic acids is 1. The molecule has 4 heteroatoms. The Balaban J connectivity index is 2.89. The first-order valence-electron chi connectivity index (χ1n) is 7.19. The fourth-order valence-corrected chi connectivity index (χ4v) is 1.93. The zero-order valence-corrected chi connectivity index (χ0v) is 13.3. The molecule has 0 bridgehead atoms. The lowest BCUT2D eigenvalue weighted by atomic mass is 9.94. The second-order valence-electron chi connectivity index (χ2n) is 5.27. The van der Waals surface area contributed by atoms with Crippen LogP contribution >= 0.6 is 0 Å². The molecule has 0 saturated heterocycles. The minimum atomic E-state index is -0.260. The molecule has 0 aromatic heterocycles. The second kappa shape index (κ2) is 8.47. The van der Waals surface area contributed by atoms with Gasteiger partial charge in [0.1, 0.15) is 12.4 Å². The number of hydrogen-bond acceptors (Lipinski definition) is 4. The van der Waals surface area contributed by atoms with E-state index in [1.54, 1.807) is 0 Å². The van der Waals surface area contributed by atoms with Crippen LogP contribution in [0.3, 0.4) is 0 Å². The van der Waals surface area contributed by atoms with E-state index < -0.39 is 0 Å². The molecule has 0 atom stereocenters. The van der Waals surface area contributed by atoms with Crippen molar-refractivity contribution in [2.45, 2.75) is 27.2 Å². The summed E-state index contributed by atoms with van der Waals surface area (Å²) in [7, 11) is 1.42. The summed E-state index contributed by atoms with van der Waals surface area (Å²) in [5.41, 5.74) is 8.24. The Morgan fingerprint density at radius 3 is 2.33 bits per heavy atom. The molecule has 0 heterocycles. The summed E-state index contributed by atoms with van der Waals surface area (Å²) in [6, 6.07) is 7.71. The van der Waals surface area contributed by atoms with Crippen LogP contribution in [0.2, 0.25) is 0 Å². The van der Waals surface area contributed by atoms with E-state index in [2.05, 4.69) is 13.8 Å². The van der Waals surface area contributed by atoms with Crippen LogP contribution < -0.4 is 10.5 Å². The lowest BCUT2D eigenvalue weighted by Gasteiger charge is -2.14. The van der Waals surface area contributed by atoms with Crippen LogP contribution in [-0.4, -0.2) is 26.2 Å². The van der Waals surface area contributed by atoms with Crippen LogP contribution in [0.15, 0.2) is 35.4 Å². The van der Waals surface area contributed by atoms with E-state index in [-0.39, 0.29) is 5.97 Å². The summed E-state index contributed by atoms with van der Waals surface area (Å²) in [5, 5.41) is 0. The fraction of sp³-hybridized carbons (Fsp3) is 0.471. The van der Waals surface area contributed by atoms with E-state index in [4.69, 9.17) is 15.2 Å². The summed E-state index contributed by atoms with van der Waals surface area (Å²) in [5.74, 6) is 0.837. The van der Waals surface area contributed by atoms with Gasteiger partial charge in [-0.3, -0.25) is 0 Å².